The maximum atomic E-state index is 5.43. The summed E-state index contributed by atoms with van der Waals surface area (Å²) in [6.45, 7) is 0. The monoisotopic (exact) mass is 298 g/mol. The highest BCUT2D eigenvalue weighted by molar-refractivity contribution is 14.1. The van der Waals surface area contributed by atoms with Gasteiger partial charge in [-0.05, 0) is 44.6 Å². The van der Waals surface area contributed by atoms with Crippen molar-refractivity contribution in [3.05, 3.63) is 20.4 Å². The van der Waals surface area contributed by atoms with E-state index in [2.05, 4.69) is 43.5 Å². The van der Waals surface area contributed by atoms with Crippen LogP contribution in [0.5, 0.6) is 0 Å². The second kappa shape index (κ2) is 2.83. The number of pyridine rings is 1. The number of nitrogens with zero attached hydrogens (tertiary/aromatic N) is 1. The third-order valence-electron chi connectivity index (χ3n) is 0.817. The van der Waals surface area contributed by atoms with Crippen molar-refractivity contribution in [2.45, 2.75) is 0 Å². The molecular formula is C5H4BrIN2. The summed E-state index contributed by atoms with van der Waals surface area (Å²) in [7, 11) is 0. The Morgan fingerprint density at radius 2 is 2.33 bits per heavy atom. The summed E-state index contributed by atoms with van der Waals surface area (Å²) in [4.78, 5) is 3.99. The smallest absolute Gasteiger partial charge is 0.115 e. The lowest BCUT2D eigenvalue weighted by Gasteiger charge is -1.94. The molecule has 0 aliphatic heterocycles. The van der Waals surface area contributed by atoms with Gasteiger partial charge in [-0.2, -0.15) is 0 Å². The van der Waals surface area contributed by atoms with E-state index in [1.807, 2.05) is 6.07 Å². The van der Waals surface area contributed by atoms with Crippen LogP contribution in [0.4, 0.5) is 5.69 Å². The maximum absolute atomic E-state index is 5.43. The zero-order valence-electron chi connectivity index (χ0n) is 4.44. The zero-order valence-corrected chi connectivity index (χ0v) is 8.18. The zero-order chi connectivity index (χ0) is 6.85. The Morgan fingerprint density at radius 1 is 1.67 bits per heavy atom. The van der Waals surface area contributed by atoms with Crippen LogP contribution in [0.3, 0.4) is 0 Å². The van der Waals surface area contributed by atoms with Crippen molar-refractivity contribution in [2.24, 2.45) is 0 Å². The van der Waals surface area contributed by atoms with Gasteiger partial charge in [0.25, 0.3) is 0 Å². The van der Waals surface area contributed by atoms with Gasteiger partial charge >= 0.3 is 0 Å². The molecule has 1 rings (SSSR count). The van der Waals surface area contributed by atoms with Crippen molar-refractivity contribution in [3.8, 4) is 0 Å². The first-order valence-corrected chi connectivity index (χ1v) is 4.14. The molecule has 0 atom stereocenters. The molecule has 0 saturated carbocycles. The van der Waals surface area contributed by atoms with Gasteiger partial charge in [-0.25, -0.2) is 4.98 Å². The number of hydrogen-bond donors (Lipinski definition) is 1. The predicted molar refractivity (Wildman–Crippen MR) is 49.1 cm³/mol. The minimum atomic E-state index is 0.683. The third kappa shape index (κ3) is 1.79. The lowest BCUT2D eigenvalue weighted by atomic mass is 10.4. The number of aromatic nitrogens is 1. The van der Waals surface area contributed by atoms with Crippen molar-refractivity contribution in [3.63, 3.8) is 0 Å². The van der Waals surface area contributed by atoms with E-state index in [1.165, 1.54) is 0 Å². The van der Waals surface area contributed by atoms with Crippen LogP contribution >= 0.6 is 38.5 Å². The summed E-state index contributed by atoms with van der Waals surface area (Å²) in [5.74, 6) is 0. The summed E-state index contributed by atoms with van der Waals surface area (Å²) in [6.07, 6.45) is 1.63. The highest BCUT2D eigenvalue weighted by atomic mass is 127. The van der Waals surface area contributed by atoms with Crippen LogP contribution in [-0.2, 0) is 0 Å². The number of anilines is 1. The highest BCUT2D eigenvalue weighted by Crippen LogP contribution is 2.18. The Hall–Kier alpha value is 0.160. The Morgan fingerprint density at radius 3 is 2.78 bits per heavy atom. The van der Waals surface area contributed by atoms with Crippen molar-refractivity contribution in [1.29, 1.82) is 0 Å². The normalized spacial score (nSPS) is 9.56. The fourth-order valence-corrected chi connectivity index (χ4v) is 1.10. The van der Waals surface area contributed by atoms with Gasteiger partial charge in [0.1, 0.15) is 3.70 Å². The van der Waals surface area contributed by atoms with Gasteiger partial charge in [-0.3, -0.25) is 0 Å². The Labute approximate surface area is 75.1 Å². The molecule has 2 N–H and O–H groups in total. The fourth-order valence-electron chi connectivity index (χ4n) is 0.436. The van der Waals surface area contributed by atoms with Crippen molar-refractivity contribution in [2.75, 3.05) is 5.73 Å². The van der Waals surface area contributed by atoms with Gasteiger partial charge in [0.05, 0.1) is 16.4 Å². The molecule has 1 aromatic heterocycles. The summed E-state index contributed by atoms with van der Waals surface area (Å²) < 4.78 is 1.88. The van der Waals surface area contributed by atoms with Crippen LogP contribution in [0.1, 0.15) is 0 Å². The first-order chi connectivity index (χ1) is 4.20. The molecule has 0 spiro atoms. The van der Waals surface area contributed by atoms with Crippen molar-refractivity contribution in [1.82, 2.24) is 4.98 Å². The minimum Gasteiger partial charge on any atom is -0.397 e. The lowest BCUT2D eigenvalue weighted by molar-refractivity contribution is 1.25. The molecule has 0 aliphatic rings. The summed E-state index contributed by atoms with van der Waals surface area (Å²) in [6, 6.07) is 1.83. The molecule has 4 heteroatoms. The van der Waals surface area contributed by atoms with Crippen LogP contribution in [-0.4, -0.2) is 4.98 Å². The second-order valence-corrected chi connectivity index (χ2v) is 3.42. The fraction of sp³-hybridized carbons (Fsp3) is 0. The second-order valence-electron chi connectivity index (χ2n) is 1.54. The number of nitrogens with two attached hydrogens (primary N) is 1. The van der Waals surface area contributed by atoms with Crippen molar-refractivity contribution < 1.29 is 0 Å². The van der Waals surface area contributed by atoms with E-state index in [4.69, 9.17) is 5.73 Å². The standard InChI is InChI=1S/C5H4BrIN2/c6-4-1-3(8)2-9-5(4)7/h1-2H,8H2. The average molecular weight is 299 g/mol. The highest BCUT2D eigenvalue weighted by Gasteiger charge is 1.94. The van der Waals surface area contributed by atoms with Gasteiger partial charge in [-0.1, -0.05) is 0 Å². The molecular weight excluding hydrogens is 295 g/mol. The third-order valence-corrected chi connectivity index (χ3v) is 3.02. The molecule has 0 aromatic carbocycles. The van der Waals surface area contributed by atoms with E-state index in [1.54, 1.807) is 6.20 Å². The molecule has 0 amide bonds. The number of rotatable bonds is 0. The lowest BCUT2D eigenvalue weighted by Crippen LogP contribution is -1.88. The van der Waals surface area contributed by atoms with Gasteiger partial charge in [0.15, 0.2) is 0 Å². The molecule has 0 unspecified atom stereocenters. The Bertz CT molecular complexity index is 226. The Kier molecular flexibility index (Phi) is 2.29. The van der Waals surface area contributed by atoms with Crippen LogP contribution in [0.2, 0.25) is 0 Å². The average Bonchev–Trinajstić information content (AvgIpc) is 1.80. The topological polar surface area (TPSA) is 38.9 Å². The molecule has 0 fully saturated rings. The predicted octanol–water partition coefficient (Wildman–Crippen LogP) is 2.03. The van der Waals surface area contributed by atoms with E-state index >= 15 is 0 Å². The first kappa shape index (κ1) is 7.27. The van der Waals surface area contributed by atoms with Crippen LogP contribution < -0.4 is 5.73 Å². The van der Waals surface area contributed by atoms with Crippen LogP contribution in [0, 0.1) is 3.70 Å². The molecule has 1 aromatic rings. The van der Waals surface area contributed by atoms with Crippen LogP contribution in [0.25, 0.3) is 0 Å². The summed E-state index contributed by atoms with van der Waals surface area (Å²) in [5, 5.41) is 0. The van der Waals surface area contributed by atoms with Crippen LogP contribution in [0.15, 0.2) is 16.7 Å². The molecule has 0 radical (unpaired) electrons. The largest absolute Gasteiger partial charge is 0.397 e. The first-order valence-electron chi connectivity index (χ1n) is 2.26. The van der Waals surface area contributed by atoms with E-state index in [0.717, 1.165) is 8.17 Å². The van der Waals surface area contributed by atoms with Gasteiger partial charge in [0.2, 0.25) is 0 Å². The van der Waals surface area contributed by atoms with E-state index in [0.29, 0.717) is 5.69 Å². The summed E-state index contributed by atoms with van der Waals surface area (Å²) >= 11 is 5.42. The molecule has 9 heavy (non-hydrogen) atoms. The number of halogens is 2. The van der Waals surface area contributed by atoms with Gasteiger partial charge in [-0.15, -0.1) is 0 Å². The molecule has 2 nitrogen and oxygen atoms in total. The van der Waals surface area contributed by atoms with Gasteiger partial charge in [0, 0.05) is 0 Å². The molecule has 0 saturated heterocycles. The van der Waals surface area contributed by atoms with E-state index in [-0.39, 0.29) is 0 Å². The Balaban J connectivity index is 3.17. The van der Waals surface area contributed by atoms with E-state index in [9.17, 15) is 0 Å². The summed E-state index contributed by atoms with van der Waals surface area (Å²) in [5.41, 5.74) is 6.11. The molecule has 0 bridgehead atoms. The number of hydrogen-bond acceptors (Lipinski definition) is 2. The molecule has 1 heterocycles. The van der Waals surface area contributed by atoms with Gasteiger partial charge < -0.3 is 5.73 Å². The minimum absolute atomic E-state index is 0.683. The number of nitrogen functional groups attached to an aromatic ring is 1. The van der Waals surface area contributed by atoms with E-state index < -0.39 is 0 Å². The van der Waals surface area contributed by atoms with Crippen molar-refractivity contribution >= 4 is 44.2 Å². The quantitative estimate of drug-likeness (QED) is 0.588. The maximum Gasteiger partial charge on any atom is 0.115 e. The molecule has 48 valence electrons. The SMILES string of the molecule is Nc1cnc(I)c(Br)c1. The molecule has 0 aliphatic carbocycles.